The van der Waals surface area contributed by atoms with Crippen molar-refractivity contribution in [2.24, 2.45) is 0 Å². The number of rotatable bonds is 9. The number of aromatic amines is 1. The van der Waals surface area contributed by atoms with Gasteiger partial charge >= 0.3 is 5.97 Å². The van der Waals surface area contributed by atoms with Crippen LogP contribution in [0.2, 0.25) is 0 Å². The van der Waals surface area contributed by atoms with Crippen LogP contribution in [0.3, 0.4) is 0 Å². The van der Waals surface area contributed by atoms with Gasteiger partial charge in [-0.2, -0.15) is 0 Å². The number of H-pyrrole nitrogens is 1. The van der Waals surface area contributed by atoms with E-state index in [4.69, 9.17) is 4.74 Å². The van der Waals surface area contributed by atoms with Gasteiger partial charge in [0.15, 0.2) is 5.69 Å². The molecule has 1 atom stereocenters. The Bertz CT molecular complexity index is 627. The smallest absolute Gasteiger partial charge is 0.328 e. The third-order valence-corrected chi connectivity index (χ3v) is 3.40. The molecule has 0 bridgehead atoms. The Morgan fingerprint density at radius 1 is 1.22 bits per heavy atom. The minimum absolute atomic E-state index is 0. The number of ether oxygens (including phenoxy) is 1. The molecule has 0 saturated carbocycles. The van der Waals surface area contributed by atoms with Crippen LogP contribution in [0.5, 0.6) is 0 Å². The van der Waals surface area contributed by atoms with E-state index in [1.807, 2.05) is 0 Å². The first-order chi connectivity index (χ1) is 12.2. The lowest BCUT2D eigenvalue weighted by Crippen LogP contribution is -3.00. The number of nitrogens with zero attached hydrogens (tertiary/aromatic N) is 1. The van der Waals surface area contributed by atoms with Gasteiger partial charge in [0.1, 0.15) is 17.3 Å². The van der Waals surface area contributed by atoms with Gasteiger partial charge in [0, 0.05) is 6.54 Å². The summed E-state index contributed by atoms with van der Waals surface area (Å²) in [7, 11) is 0. The number of carbonyl (C=O) groups excluding carboxylic acids is 3. The number of aromatic nitrogens is 2. The molecule has 9 nitrogen and oxygen atoms in total. The van der Waals surface area contributed by atoms with Crippen molar-refractivity contribution in [1.29, 1.82) is 0 Å². The summed E-state index contributed by atoms with van der Waals surface area (Å²) in [4.78, 5) is 43.1. The molecule has 0 aliphatic rings. The minimum atomic E-state index is -0.864. The first-order valence-electron chi connectivity index (χ1n) is 8.80. The molecule has 0 aliphatic carbocycles. The molecule has 0 aromatic carbocycles. The Morgan fingerprint density at radius 2 is 1.89 bits per heavy atom. The Balaban J connectivity index is 0.00000676. The summed E-state index contributed by atoms with van der Waals surface area (Å²) in [6.45, 7) is 8.12. The molecule has 0 fully saturated rings. The van der Waals surface area contributed by atoms with Crippen LogP contribution in [-0.2, 0) is 9.53 Å². The molecule has 1 aromatic heterocycles. The Kier molecular flexibility index (Phi) is 10.6. The van der Waals surface area contributed by atoms with Crippen LogP contribution in [0.25, 0.3) is 0 Å². The second-order valence-corrected chi connectivity index (χ2v) is 7.02. The highest BCUT2D eigenvalue weighted by Gasteiger charge is 2.26. The van der Waals surface area contributed by atoms with Crippen molar-refractivity contribution < 1.29 is 37.3 Å². The molecule has 1 rings (SSSR count). The normalized spacial score (nSPS) is 11.9. The van der Waals surface area contributed by atoms with Gasteiger partial charge in [-0.05, 0) is 47.0 Å². The molecule has 0 saturated heterocycles. The molecule has 27 heavy (non-hydrogen) atoms. The van der Waals surface area contributed by atoms with Gasteiger partial charge in [0.05, 0.1) is 12.9 Å². The monoisotopic (exact) mass is 403 g/mol. The lowest BCUT2D eigenvalue weighted by Gasteiger charge is -2.22. The van der Waals surface area contributed by atoms with E-state index in [1.54, 1.807) is 20.8 Å². The van der Waals surface area contributed by atoms with Gasteiger partial charge in [-0.1, -0.05) is 0 Å². The molecule has 10 heteroatoms. The number of hydrogen-bond donors (Lipinski definition) is 4. The average Bonchev–Trinajstić information content (AvgIpc) is 3.02. The summed E-state index contributed by atoms with van der Waals surface area (Å²) in [6.07, 6.45) is 4.10. The Hall–Kier alpha value is -2.13. The first-order valence-corrected chi connectivity index (χ1v) is 8.80. The molecule has 0 unspecified atom stereocenters. The van der Waals surface area contributed by atoms with Crippen LogP contribution in [0.1, 0.15) is 67.9 Å². The molecule has 2 amide bonds. The molecule has 1 heterocycles. The standard InChI is InChI=1S/C17H29N5O4.ClH/c1-11(16(25)26-17(2,3)4)22-15(24)13-12(20-10-21-13)14(23)19-9-7-5-6-8-18;/h10-11H,5-9,18H2,1-4H3,(H,19,23)(H,20,21)(H,22,24);1H/t11-;/m0./s1. The summed E-state index contributed by atoms with van der Waals surface area (Å²) in [5.74, 6) is -1.59. The zero-order valence-electron chi connectivity index (χ0n) is 16.4. The van der Waals surface area contributed by atoms with Crippen LogP contribution in [0, 0.1) is 0 Å². The fraction of sp³-hybridized carbons (Fsp3) is 0.647. The molecule has 6 N–H and O–H groups in total. The van der Waals surface area contributed by atoms with Gasteiger partial charge < -0.3 is 38.5 Å². The number of carbonyl (C=O) groups is 3. The lowest BCUT2D eigenvalue weighted by atomic mass is 10.2. The SMILES string of the molecule is C[C@H](NC(=O)c1nc[nH]c1C(=O)NCCCCC[NH3+])C(=O)OC(C)(C)C.[Cl-]. The van der Waals surface area contributed by atoms with Gasteiger partial charge in [-0.15, -0.1) is 0 Å². The van der Waals surface area contributed by atoms with Gasteiger partial charge in [-0.25, -0.2) is 9.78 Å². The molecular formula is C17H30ClN5O4. The van der Waals surface area contributed by atoms with Crippen LogP contribution < -0.4 is 28.8 Å². The van der Waals surface area contributed by atoms with E-state index >= 15 is 0 Å². The van der Waals surface area contributed by atoms with Crippen molar-refractivity contribution in [2.45, 2.75) is 58.6 Å². The highest BCUT2D eigenvalue weighted by atomic mass is 35.5. The molecule has 0 radical (unpaired) electrons. The van der Waals surface area contributed by atoms with E-state index in [1.165, 1.54) is 13.3 Å². The van der Waals surface area contributed by atoms with Crippen LogP contribution in [-0.4, -0.2) is 52.5 Å². The highest BCUT2D eigenvalue weighted by molar-refractivity contribution is 6.05. The maximum Gasteiger partial charge on any atom is 0.328 e. The van der Waals surface area contributed by atoms with Crippen molar-refractivity contribution in [1.82, 2.24) is 20.6 Å². The van der Waals surface area contributed by atoms with Crippen molar-refractivity contribution in [2.75, 3.05) is 13.1 Å². The van der Waals surface area contributed by atoms with E-state index in [9.17, 15) is 14.4 Å². The van der Waals surface area contributed by atoms with E-state index in [0.29, 0.717) is 6.54 Å². The van der Waals surface area contributed by atoms with Crippen molar-refractivity contribution >= 4 is 17.8 Å². The Labute approximate surface area is 165 Å². The number of quaternary nitrogens is 1. The fourth-order valence-corrected chi connectivity index (χ4v) is 2.12. The molecule has 0 spiro atoms. The number of esters is 1. The summed E-state index contributed by atoms with van der Waals surface area (Å²) in [6, 6.07) is -0.864. The van der Waals surface area contributed by atoms with Gasteiger partial charge in [0.25, 0.3) is 11.8 Å². The second-order valence-electron chi connectivity index (χ2n) is 7.02. The molecular weight excluding hydrogens is 374 g/mol. The third-order valence-electron chi connectivity index (χ3n) is 3.40. The third kappa shape index (κ3) is 8.87. The van der Waals surface area contributed by atoms with Gasteiger partial charge in [-0.3, -0.25) is 9.59 Å². The van der Waals surface area contributed by atoms with Gasteiger partial charge in [0.2, 0.25) is 0 Å². The lowest BCUT2D eigenvalue weighted by molar-refractivity contribution is -0.368. The summed E-state index contributed by atoms with van der Waals surface area (Å²) < 4.78 is 5.22. The van der Waals surface area contributed by atoms with Crippen molar-refractivity contribution in [3.8, 4) is 0 Å². The largest absolute Gasteiger partial charge is 1.00 e. The van der Waals surface area contributed by atoms with Crippen molar-refractivity contribution in [3.05, 3.63) is 17.7 Å². The van der Waals surface area contributed by atoms with E-state index in [0.717, 1.165) is 25.8 Å². The number of halogens is 1. The number of hydrogen-bond acceptors (Lipinski definition) is 5. The molecule has 0 aliphatic heterocycles. The van der Waals surface area contributed by atoms with Crippen LogP contribution in [0.4, 0.5) is 0 Å². The van der Waals surface area contributed by atoms with E-state index in [2.05, 4.69) is 26.3 Å². The Morgan fingerprint density at radius 3 is 2.48 bits per heavy atom. The van der Waals surface area contributed by atoms with E-state index in [-0.39, 0.29) is 23.8 Å². The van der Waals surface area contributed by atoms with Crippen LogP contribution in [0.15, 0.2) is 6.33 Å². The highest BCUT2D eigenvalue weighted by Crippen LogP contribution is 2.09. The number of amides is 2. The number of nitrogens with one attached hydrogen (secondary N) is 3. The predicted octanol–water partition coefficient (Wildman–Crippen LogP) is -2.98. The predicted molar refractivity (Wildman–Crippen MR) is 95.3 cm³/mol. The number of unbranched alkanes of at least 4 members (excludes halogenated alkanes) is 2. The molecule has 154 valence electrons. The summed E-state index contributed by atoms with van der Waals surface area (Å²) in [5.41, 5.74) is 3.12. The quantitative estimate of drug-likeness (QED) is 0.257. The molecule has 1 aromatic rings. The van der Waals surface area contributed by atoms with E-state index < -0.39 is 29.4 Å². The maximum absolute atomic E-state index is 12.3. The summed E-state index contributed by atoms with van der Waals surface area (Å²) >= 11 is 0. The topological polar surface area (TPSA) is 141 Å². The zero-order valence-corrected chi connectivity index (χ0v) is 17.1. The fourth-order valence-electron chi connectivity index (χ4n) is 2.12. The minimum Gasteiger partial charge on any atom is -1.00 e. The first kappa shape index (κ1) is 24.9. The van der Waals surface area contributed by atoms with Crippen molar-refractivity contribution in [3.63, 3.8) is 0 Å². The maximum atomic E-state index is 12.3. The second kappa shape index (κ2) is 11.6. The average molecular weight is 404 g/mol. The van der Waals surface area contributed by atoms with Crippen LogP contribution >= 0.6 is 0 Å². The summed E-state index contributed by atoms with van der Waals surface area (Å²) in [5, 5.41) is 5.25. The number of imidazole rings is 1. The zero-order chi connectivity index (χ0) is 19.7.